The first-order valence-corrected chi connectivity index (χ1v) is 8.09. The number of benzene rings is 2. The third-order valence-electron chi connectivity index (χ3n) is 4.18. The summed E-state index contributed by atoms with van der Waals surface area (Å²) in [5.41, 5.74) is 1.54. The van der Waals surface area contributed by atoms with Gasteiger partial charge in [0.1, 0.15) is 6.04 Å². The van der Waals surface area contributed by atoms with Crippen LogP contribution < -0.4 is 9.64 Å². The number of ether oxygens (including phenoxy) is 1. The van der Waals surface area contributed by atoms with E-state index in [0.717, 1.165) is 16.5 Å². The zero-order valence-electron chi connectivity index (χ0n) is 14.6. The summed E-state index contributed by atoms with van der Waals surface area (Å²) < 4.78 is 5.63. The average molecular weight is 368 g/mol. The first kappa shape index (κ1) is 18.1. The summed E-state index contributed by atoms with van der Waals surface area (Å²) in [6.45, 7) is 3.26. The van der Waals surface area contributed by atoms with Crippen molar-refractivity contribution in [3.63, 3.8) is 0 Å². The van der Waals surface area contributed by atoms with Gasteiger partial charge in [-0.3, -0.25) is 19.8 Å². The largest absolute Gasteiger partial charge is 0.480 e. The van der Waals surface area contributed by atoms with E-state index in [0.29, 0.717) is 5.56 Å². The predicted octanol–water partition coefficient (Wildman–Crippen LogP) is 3.14. The highest BCUT2D eigenvalue weighted by atomic mass is 16.6. The van der Waals surface area contributed by atoms with Gasteiger partial charge in [0.2, 0.25) is 0 Å². The van der Waals surface area contributed by atoms with Gasteiger partial charge in [-0.05, 0) is 31.6 Å². The summed E-state index contributed by atoms with van der Waals surface area (Å²) in [4.78, 5) is 35.8. The SMILES string of the molecule is Cc1ccc(/C=C2/Oc3ccc([N+](=O)[O-])cc3N(C(C)C(=O)O)C2=O)cc1. The Balaban J connectivity index is 2.11. The molecular weight excluding hydrogens is 352 g/mol. The van der Waals surface area contributed by atoms with Crippen molar-refractivity contribution in [3.8, 4) is 5.75 Å². The Morgan fingerprint density at radius 2 is 1.93 bits per heavy atom. The summed E-state index contributed by atoms with van der Waals surface area (Å²) in [6, 6.07) is 9.83. The number of amides is 1. The number of hydrogen-bond acceptors (Lipinski definition) is 5. The third kappa shape index (κ3) is 3.50. The molecule has 0 aromatic heterocycles. The standard InChI is InChI=1S/C19H16N2O6/c1-11-3-5-13(6-4-11)9-17-18(22)20(12(2)19(23)24)15-10-14(21(25)26)7-8-16(15)27-17/h3-10,12H,1-2H3,(H,23,24)/b17-9+. The fourth-order valence-corrected chi connectivity index (χ4v) is 2.68. The molecule has 2 aromatic rings. The van der Waals surface area contributed by atoms with Crippen LogP contribution in [0.5, 0.6) is 5.75 Å². The van der Waals surface area contributed by atoms with E-state index in [4.69, 9.17) is 4.74 Å². The van der Waals surface area contributed by atoms with Crippen molar-refractivity contribution in [3.05, 3.63) is 69.5 Å². The van der Waals surface area contributed by atoms with Gasteiger partial charge in [-0.25, -0.2) is 4.79 Å². The van der Waals surface area contributed by atoms with E-state index in [9.17, 15) is 24.8 Å². The zero-order chi connectivity index (χ0) is 19.7. The van der Waals surface area contributed by atoms with Crippen molar-refractivity contribution >= 4 is 29.3 Å². The van der Waals surface area contributed by atoms with E-state index in [1.54, 1.807) is 12.1 Å². The number of nitro groups is 1. The topological polar surface area (TPSA) is 110 Å². The number of fused-ring (bicyclic) bond motifs is 1. The quantitative estimate of drug-likeness (QED) is 0.504. The first-order valence-electron chi connectivity index (χ1n) is 8.09. The van der Waals surface area contributed by atoms with Gasteiger partial charge in [-0.2, -0.15) is 0 Å². The molecule has 1 N–H and O–H groups in total. The minimum Gasteiger partial charge on any atom is -0.480 e. The lowest BCUT2D eigenvalue weighted by Crippen LogP contribution is -2.47. The van der Waals surface area contributed by atoms with Crippen molar-refractivity contribution in [1.82, 2.24) is 0 Å². The summed E-state index contributed by atoms with van der Waals surface area (Å²) in [5, 5.41) is 20.4. The summed E-state index contributed by atoms with van der Waals surface area (Å²) in [6.07, 6.45) is 1.51. The van der Waals surface area contributed by atoms with E-state index in [-0.39, 0.29) is 22.9 Å². The van der Waals surface area contributed by atoms with Crippen molar-refractivity contribution in [2.24, 2.45) is 0 Å². The molecule has 27 heavy (non-hydrogen) atoms. The van der Waals surface area contributed by atoms with Crippen LogP contribution in [-0.4, -0.2) is 27.9 Å². The maximum Gasteiger partial charge on any atom is 0.326 e. The molecule has 0 aliphatic carbocycles. The van der Waals surface area contributed by atoms with Crippen LogP contribution in [0, 0.1) is 17.0 Å². The number of carbonyl (C=O) groups excluding carboxylic acids is 1. The second-order valence-electron chi connectivity index (χ2n) is 6.12. The maximum atomic E-state index is 12.9. The van der Waals surface area contributed by atoms with Crippen molar-refractivity contribution in [2.45, 2.75) is 19.9 Å². The Morgan fingerprint density at radius 3 is 2.52 bits per heavy atom. The van der Waals surface area contributed by atoms with Gasteiger partial charge in [-0.1, -0.05) is 29.8 Å². The molecule has 1 aliphatic rings. The minimum absolute atomic E-state index is 0.0464. The number of carboxylic acid groups (broad SMARTS) is 1. The molecule has 2 aromatic carbocycles. The fraction of sp³-hybridized carbons (Fsp3) is 0.158. The number of aryl methyl sites for hydroxylation is 1. The Labute approximate surface area is 154 Å². The van der Waals surface area contributed by atoms with Gasteiger partial charge < -0.3 is 9.84 Å². The molecule has 0 saturated heterocycles. The van der Waals surface area contributed by atoms with Crippen LogP contribution >= 0.6 is 0 Å². The van der Waals surface area contributed by atoms with Crippen molar-refractivity contribution < 1.29 is 24.4 Å². The van der Waals surface area contributed by atoms with Gasteiger partial charge in [0.05, 0.1) is 10.6 Å². The molecule has 8 nitrogen and oxygen atoms in total. The van der Waals surface area contributed by atoms with E-state index < -0.39 is 22.8 Å². The van der Waals surface area contributed by atoms with E-state index in [1.807, 2.05) is 19.1 Å². The van der Waals surface area contributed by atoms with Crippen molar-refractivity contribution in [2.75, 3.05) is 4.90 Å². The van der Waals surface area contributed by atoms with Gasteiger partial charge in [0.25, 0.3) is 11.6 Å². The molecule has 3 rings (SSSR count). The van der Waals surface area contributed by atoms with Crippen LogP contribution in [0.25, 0.3) is 6.08 Å². The highest BCUT2D eigenvalue weighted by Crippen LogP contribution is 2.39. The summed E-state index contributed by atoms with van der Waals surface area (Å²) in [5.74, 6) is -1.81. The lowest BCUT2D eigenvalue weighted by molar-refractivity contribution is -0.384. The molecule has 0 bridgehead atoms. The van der Waals surface area contributed by atoms with Gasteiger partial charge >= 0.3 is 5.97 Å². The Kier molecular flexibility index (Phi) is 4.64. The van der Waals surface area contributed by atoms with Crippen LogP contribution in [0.4, 0.5) is 11.4 Å². The second kappa shape index (κ2) is 6.91. The number of anilines is 1. The highest BCUT2D eigenvalue weighted by molar-refractivity contribution is 6.12. The molecule has 1 unspecified atom stereocenters. The highest BCUT2D eigenvalue weighted by Gasteiger charge is 2.37. The molecule has 0 saturated carbocycles. The van der Waals surface area contributed by atoms with E-state index in [1.165, 1.54) is 25.1 Å². The summed E-state index contributed by atoms with van der Waals surface area (Å²) in [7, 11) is 0. The molecule has 8 heteroatoms. The van der Waals surface area contributed by atoms with Gasteiger partial charge in [0, 0.05) is 12.1 Å². The second-order valence-corrected chi connectivity index (χ2v) is 6.12. The average Bonchev–Trinajstić information content (AvgIpc) is 2.63. The fourth-order valence-electron chi connectivity index (χ4n) is 2.68. The van der Waals surface area contributed by atoms with Crippen LogP contribution in [0.3, 0.4) is 0 Å². The van der Waals surface area contributed by atoms with Crippen LogP contribution in [-0.2, 0) is 9.59 Å². The molecule has 1 amide bonds. The van der Waals surface area contributed by atoms with Gasteiger partial charge in [-0.15, -0.1) is 0 Å². The molecular formula is C19H16N2O6. The maximum absolute atomic E-state index is 12.9. The van der Waals surface area contributed by atoms with Crippen LogP contribution in [0.2, 0.25) is 0 Å². The van der Waals surface area contributed by atoms with Crippen molar-refractivity contribution in [1.29, 1.82) is 0 Å². The Bertz CT molecular complexity index is 965. The lowest BCUT2D eigenvalue weighted by Gasteiger charge is -2.32. The number of hydrogen-bond donors (Lipinski definition) is 1. The molecule has 138 valence electrons. The molecule has 0 spiro atoms. The van der Waals surface area contributed by atoms with E-state index in [2.05, 4.69) is 0 Å². The number of nitro benzene ring substituents is 1. The monoisotopic (exact) mass is 368 g/mol. The normalized spacial score (nSPS) is 15.9. The van der Waals surface area contributed by atoms with E-state index >= 15 is 0 Å². The number of nitrogens with zero attached hydrogens (tertiary/aromatic N) is 2. The zero-order valence-corrected chi connectivity index (χ0v) is 14.6. The molecule has 1 heterocycles. The molecule has 0 radical (unpaired) electrons. The number of carboxylic acids is 1. The smallest absolute Gasteiger partial charge is 0.326 e. The molecule has 1 aliphatic heterocycles. The Morgan fingerprint density at radius 1 is 1.26 bits per heavy atom. The molecule has 0 fully saturated rings. The number of aliphatic carboxylic acids is 1. The summed E-state index contributed by atoms with van der Waals surface area (Å²) >= 11 is 0. The third-order valence-corrected chi connectivity index (χ3v) is 4.18. The minimum atomic E-state index is -1.24. The molecule has 1 atom stereocenters. The van der Waals surface area contributed by atoms with Gasteiger partial charge in [0.15, 0.2) is 11.5 Å². The first-order chi connectivity index (χ1) is 12.8. The lowest BCUT2D eigenvalue weighted by atomic mass is 10.1. The number of non-ortho nitro benzene ring substituents is 1. The van der Waals surface area contributed by atoms with Crippen LogP contribution in [0.15, 0.2) is 48.2 Å². The number of carbonyl (C=O) groups is 2. The Hall–Kier alpha value is -3.68. The van der Waals surface area contributed by atoms with Crippen LogP contribution in [0.1, 0.15) is 18.1 Å². The number of rotatable bonds is 4. The predicted molar refractivity (Wildman–Crippen MR) is 97.5 cm³/mol.